The van der Waals surface area contributed by atoms with Gasteiger partial charge in [-0.05, 0) is 31.5 Å². The first kappa shape index (κ1) is 17.2. The molecule has 25 heavy (non-hydrogen) atoms. The zero-order chi connectivity index (χ0) is 18.1. The highest BCUT2D eigenvalue weighted by Gasteiger charge is 2.19. The van der Waals surface area contributed by atoms with Crippen molar-refractivity contribution in [2.75, 3.05) is 5.73 Å². The summed E-state index contributed by atoms with van der Waals surface area (Å²) in [5, 5.41) is 19.9. The highest BCUT2D eigenvalue weighted by Crippen LogP contribution is 2.30. The molecule has 0 bridgehead atoms. The number of carboxylic acids is 1. The van der Waals surface area contributed by atoms with Gasteiger partial charge in [-0.25, -0.2) is 14.8 Å². The third kappa shape index (κ3) is 3.15. The molecule has 2 heterocycles. The second-order valence-electron chi connectivity index (χ2n) is 6.32. The lowest BCUT2D eigenvalue weighted by atomic mass is 10.1. The van der Waals surface area contributed by atoms with Crippen LogP contribution < -0.4 is 5.73 Å². The van der Waals surface area contributed by atoms with Crippen molar-refractivity contribution in [2.24, 2.45) is 0 Å². The maximum Gasteiger partial charge on any atom is 0.335 e. The quantitative estimate of drug-likeness (QED) is 0.634. The molecule has 3 aromatic rings. The van der Waals surface area contributed by atoms with Gasteiger partial charge in [0.15, 0.2) is 5.82 Å². The molecule has 0 aliphatic rings. The average molecular weight is 342 g/mol. The van der Waals surface area contributed by atoms with Crippen molar-refractivity contribution in [3.63, 3.8) is 0 Å². The van der Waals surface area contributed by atoms with Gasteiger partial charge in [-0.1, -0.05) is 13.3 Å². The Morgan fingerprint density at radius 2 is 2.12 bits per heavy atom. The fourth-order valence-electron chi connectivity index (χ4n) is 3.08. The summed E-state index contributed by atoms with van der Waals surface area (Å²) in [7, 11) is 0. The molecule has 1 atom stereocenters. The lowest BCUT2D eigenvalue weighted by Gasteiger charge is -2.12. The zero-order valence-electron chi connectivity index (χ0n) is 14.4. The molecule has 4 N–H and O–H groups in total. The molecular formula is C18H22N4O3. The molecule has 0 aliphatic carbocycles. The third-order valence-electron chi connectivity index (χ3n) is 4.23. The van der Waals surface area contributed by atoms with Gasteiger partial charge >= 0.3 is 5.97 Å². The Bertz CT molecular complexity index is 947. The second kappa shape index (κ2) is 6.68. The minimum absolute atomic E-state index is 0.159. The summed E-state index contributed by atoms with van der Waals surface area (Å²) in [6.45, 7) is 4.24. The van der Waals surface area contributed by atoms with Gasteiger partial charge in [0.25, 0.3) is 0 Å². The molecule has 7 heteroatoms. The Hall–Kier alpha value is -2.67. The van der Waals surface area contributed by atoms with Gasteiger partial charge < -0.3 is 20.5 Å². The van der Waals surface area contributed by atoms with Crippen LogP contribution >= 0.6 is 0 Å². The van der Waals surface area contributed by atoms with Crippen molar-refractivity contribution in [3.05, 3.63) is 29.6 Å². The van der Waals surface area contributed by atoms with E-state index in [-0.39, 0.29) is 11.4 Å². The van der Waals surface area contributed by atoms with E-state index in [1.807, 2.05) is 4.57 Å². The molecule has 0 fully saturated rings. The number of fused-ring (bicyclic) bond motifs is 3. The van der Waals surface area contributed by atoms with E-state index >= 15 is 0 Å². The summed E-state index contributed by atoms with van der Waals surface area (Å²) in [6.07, 6.45) is 2.26. The molecule has 0 saturated heterocycles. The maximum absolute atomic E-state index is 11.2. The van der Waals surface area contributed by atoms with Crippen molar-refractivity contribution in [3.8, 4) is 0 Å². The van der Waals surface area contributed by atoms with Gasteiger partial charge in [0.1, 0.15) is 11.3 Å². The SMILES string of the molecule is CCCCc1nc2c(N)nc3cc(C(=O)O)ccc3c2n1CC(C)O. The molecule has 0 radical (unpaired) electrons. The molecule has 2 aromatic heterocycles. The monoisotopic (exact) mass is 342 g/mol. The molecule has 0 aliphatic heterocycles. The average Bonchev–Trinajstić information content (AvgIpc) is 2.91. The van der Waals surface area contributed by atoms with Crippen LogP contribution in [0.15, 0.2) is 18.2 Å². The highest BCUT2D eigenvalue weighted by molar-refractivity contribution is 6.08. The van der Waals surface area contributed by atoms with Crippen LogP contribution in [0.25, 0.3) is 21.9 Å². The summed E-state index contributed by atoms with van der Waals surface area (Å²) < 4.78 is 1.98. The number of carbonyl (C=O) groups is 1. The summed E-state index contributed by atoms with van der Waals surface area (Å²) >= 11 is 0. The third-order valence-corrected chi connectivity index (χ3v) is 4.23. The first-order chi connectivity index (χ1) is 11.9. The molecule has 1 aromatic carbocycles. The van der Waals surface area contributed by atoms with Crippen LogP contribution in [-0.2, 0) is 13.0 Å². The predicted octanol–water partition coefficient (Wildman–Crippen LogP) is 2.59. The van der Waals surface area contributed by atoms with E-state index in [1.54, 1.807) is 19.1 Å². The Balaban J connectivity index is 2.32. The number of rotatable bonds is 6. The van der Waals surface area contributed by atoms with Crippen molar-refractivity contribution in [2.45, 2.75) is 45.8 Å². The number of nitrogens with zero attached hydrogens (tertiary/aromatic N) is 3. The summed E-state index contributed by atoms with van der Waals surface area (Å²) in [4.78, 5) is 20.2. The first-order valence-corrected chi connectivity index (χ1v) is 8.42. The summed E-state index contributed by atoms with van der Waals surface area (Å²) in [5.41, 5.74) is 8.16. The molecule has 1 unspecified atom stereocenters. The fourth-order valence-corrected chi connectivity index (χ4v) is 3.08. The number of aliphatic hydroxyl groups is 1. The van der Waals surface area contributed by atoms with Crippen LogP contribution in [0.3, 0.4) is 0 Å². The number of pyridine rings is 1. The molecular weight excluding hydrogens is 320 g/mol. The normalized spacial score (nSPS) is 12.8. The van der Waals surface area contributed by atoms with Crippen LogP contribution in [0, 0.1) is 0 Å². The zero-order valence-corrected chi connectivity index (χ0v) is 14.4. The first-order valence-electron chi connectivity index (χ1n) is 8.42. The van der Waals surface area contributed by atoms with Crippen LogP contribution in [0.4, 0.5) is 5.82 Å². The standard InChI is InChI=1S/C18H22N4O3/c1-3-4-5-14-21-15-16(22(14)9-10(2)23)12-7-6-11(18(24)25)8-13(12)20-17(15)19/h6-8,10,23H,3-5,9H2,1-2H3,(H2,19,20)(H,24,25). The number of aliphatic hydroxyl groups excluding tert-OH is 1. The van der Waals surface area contributed by atoms with Gasteiger partial charge in [0.05, 0.1) is 29.2 Å². The number of hydrogen-bond acceptors (Lipinski definition) is 5. The predicted molar refractivity (Wildman–Crippen MR) is 96.7 cm³/mol. The number of nitrogen functional groups attached to an aromatic ring is 1. The number of aryl methyl sites for hydroxylation is 1. The molecule has 0 spiro atoms. The molecule has 0 amide bonds. The van der Waals surface area contributed by atoms with E-state index in [4.69, 9.17) is 5.73 Å². The lowest BCUT2D eigenvalue weighted by Crippen LogP contribution is -2.14. The second-order valence-corrected chi connectivity index (χ2v) is 6.32. The molecule has 132 valence electrons. The van der Waals surface area contributed by atoms with E-state index in [0.29, 0.717) is 17.6 Å². The largest absolute Gasteiger partial charge is 0.478 e. The Kier molecular flexibility index (Phi) is 4.59. The van der Waals surface area contributed by atoms with Gasteiger partial charge in [0, 0.05) is 11.8 Å². The van der Waals surface area contributed by atoms with E-state index < -0.39 is 12.1 Å². The summed E-state index contributed by atoms with van der Waals surface area (Å²) in [5.74, 6) is 0.122. The topological polar surface area (TPSA) is 114 Å². The highest BCUT2D eigenvalue weighted by atomic mass is 16.4. The molecule has 7 nitrogen and oxygen atoms in total. The smallest absolute Gasteiger partial charge is 0.335 e. The minimum Gasteiger partial charge on any atom is -0.478 e. The van der Waals surface area contributed by atoms with Crippen LogP contribution in [0.5, 0.6) is 0 Å². The fraction of sp³-hybridized carbons (Fsp3) is 0.389. The number of unbranched alkanes of at least 4 members (excludes halogenated alkanes) is 1. The number of aromatic nitrogens is 3. The van der Waals surface area contributed by atoms with E-state index in [0.717, 1.165) is 36.0 Å². The van der Waals surface area contributed by atoms with Crippen molar-refractivity contribution >= 4 is 33.7 Å². The number of anilines is 1. The summed E-state index contributed by atoms with van der Waals surface area (Å²) in [6, 6.07) is 4.80. The Morgan fingerprint density at radius 1 is 1.36 bits per heavy atom. The van der Waals surface area contributed by atoms with Crippen LogP contribution in [-0.4, -0.2) is 36.8 Å². The van der Waals surface area contributed by atoms with E-state index in [2.05, 4.69) is 16.9 Å². The van der Waals surface area contributed by atoms with E-state index in [1.165, 1.54) is 6.07 Å². The van der Waals surface area contributed by atoms with Gasteiger partial charge in [-0.3, -0.25) is 0 Å². The number of aromatic carboxylic acids is 1. The van der Waals surface area contributed by atoms with Gasteiger partial charge in [0.2, 0.25) is 0 Å². The maximum atomic E-state index is 11.2. The molecule has 3 rings (SSSR count). The number of benzene rings is 1. The van der Waals surface area contributed by atoms with Crippen molar-refractivity contribution in [1.29, 1.82) is 0 Å². The number of hydrogen-bond donors (Lipinski definition) is 3. The molecule has 0 saturated carbocycles. The lowest BCUT2D eigenvalue weighted by molar-refractivity contribution is 0.0697. The minimum atomic E-state index is -1.01. The Morgan fingerprint density at radius 3 is 2.76 bits per heavy atom. The van der Waals surface area contributed by atoms with Gasteiger partial charge in [-0.2, -0.15) is 0 Å². The number of carboxylic acid groups (broad SMARTS) is 1. The van der Waals surface area contributed by atoms with Crippen LogP contribution in [0.1, 0.15) is 42.9 Å². The number of imidazole rings is 1. The van der Waals surface area contributed by atoms with Gasteiger partial charge in [-0.15, -0.1) is 0 Å². The van der Waals surface area contributed by atoms with Crippen molar-refractivity contribution < 1.29 is 15.0 Å². The van der Waals surface area contributed by atoms with Crippen molar-refractivity contribution in [1.82, 2.24) is 14.5 Å². The number of nitrogens with two attached hydrogens (primary N) is 1. The Labute approximate surface area is 145 Å². The van der Waals surface area contributed by atoms with Crippen LogP contribution in [0.2, 0.25) is 0 Å². The van der Waals surface area contributed by atoms with E-state index in [9.17, 15) is 15.0 Å².